The fraction of sp³-hybridized carbons (Fsp3) is 0.714. The maximum atomic E-state index is 10.8. The van der Waals surface area contributed by atoms with Crippen LogP contribution in [0.4, 0.5) is 0 Å². The lowest BCUT2D eigenvalue weighted by Gasteiger charge is -2.03. The average Bonchev–Trinajstić information content (AvgIpc) is 1.84. The lowest BCUT2D eigenvalue weighted by Crippen LogP contribution is -2.17. The fourth-order valence-electron chi connectivity index (χ4n) is 0.555. The Bertz CT molecular complexity index is 129. The molecule has 2 heteroatoms. The number of ketones is 1. The van der Waals surface area contributed by atoms with Crippen LogP contribution in [-0.4, -0.2) is 11.5 Å². The third-order valence-corrected chi connectivity index (χ3v) is 1.43. The molecule has 9 heavy (non-hydrogen) atoms. The summed E-state index contributed by atoms with van der Waals surface area (Å²) in [6.07, 6.45) is 0.828. The minimum Gasteiger partial charge on any atom is -0.302 e. The molecule has 0 bridgehead atoms. The number of hydrogen-bond acceptors (Lipinski definition) is 2. The summed E-state index contributed by atoms with van der Waals surface area (Å²) >= 11 is 0. The first-order valence-electron chi connectivity index (χ1n) is 3.19. The lowest BCUT2D eigenvalue weighted by atomic mass is 10.0. The first-order valence-corrected chi connectivity index (χ1v) is 3.19. The van der Waals surface area contributed by atoms with E-state index in [1.165, 1.54) is 6.92 Å². The molecule has 0 amide bonds. The molecule has 0 spiro atoms. The van der Waals surface area contributed by atoms with E-state index in [1.807, 2.05) is 13.8 Å². The summed E-state index contributed by atoms with van der Waals surface area (Å²) < 4.78 is 0. The number of rotatable bonds is 3. The predicted octanol–water partition coefficient (Wildman–Crippen LogP) is 1.64. The maximum Gasteiger partial charge on any atom is 0.178 e. The largest absolute Gasteiger partial charge is 0.302 e. The molecule has 52 valence electrons. The Morgan fingerprint density at radius 2 is 2.11 bits per heavy atom. The minimum absolute atomic E-state index is 0.0301. The van der Waals surface area contributed by atoms with Crippen molar-refractivity contribution in [2.75, 3.05) is 0 Å². The zero-order valence-electron chi connectivity index (χ0n) is 6.19. The van der Waals surface area contributed by atoms with E-state index >= 15 is 0 Å². The van der Waals surface area contributed by atoms with Crippen molar-refractivity contribution in [1.82, 2.24) is 0 Å². The Morgan fingerprint density at radius 1 is 1.67 bits per heavy atom. The van der Waals surface area contributed by atoms with Gasteiger partial charge < -0.3 is 5.41 Å². The van der Waals surface area contributed by atoms with Crippen LogP contribution in [0.1, 0.15) is 27.2 Å². The first-order chi connectivity index (χ1) is 4.09. The van der Waals surface area contributed by atoms with Crippen LogP contribution in [-0.2, 0) is 4.79 Å². The van der Waals surface area contributed by atoms with E-state index in [4.69, 9.17) is 5.41 Å². The molecule has 0 radical (unpaired) electrons. The van der Waals surface area contributed by atoms with E-state index in [9.17, 15) is 4.79 Å². The van der Waals surface area contributed by atoms with Gasteiger partial charge in [0.2, 0.25) is 0 Å². The van der Waals surface area contributed by atoms with Crippen LogP contribution < -0.4 is 0 Å². The molecule has 0 fully saturated rings. The molecule has 0 saturated carbocycles. The lowest BCUT2D eigenvalue weighted by molar-refractivity contribution is -0.116. The zero-order chi connectivity index (χ0) is 7.44. The molecular weight excluding hydrogens is 114 g/mol. The van der Waals surface area contributed by atoms with Crippen molar-refractivity contribution in [2.45, 2.75) is 27.2 Å². The molecule has 0 aromatic rings. The first kappa shape index (κ1) is 8.34. The van der Waals surface area contributed by atoms with Gasteiger partial charge in [0.15, 0.2) is 5.78 Å². The summed E-state index contributed by atoms with van der Waals surface area (Å²) in [6, 6.07) is 0. The Kier molecular flexibility index (Phi) is 3.13. The summed E-state index contributed by atoms with van der Waals surface area (Å²) in [5.41, 5.74) is 0.171. The highest BCUT2D eigenvalue weighted by molar-refractivity contribution is 6.38. The fourth-order valence-corrected chi connectivity index (χ4v) is 0.555. The van der Waals surface area contributed by atoms with Gasteiger partial charge in [-0.1, -0.05) is 13.8 Å². The number of carbonyl (C=O) groups excluding carboxylic acids is 1. The number of carbonyl (C=O) groups is 1. The van der Waals surface area contributed by atoms with Crippen molar-refractivity contribution in [3.63, 3.8) is 0 Å². The Labute approximate surface area is 55.8 Å². The summed E-state index contributed by atoms with van der Waals surface area (Å²) in [4.78, 5) is 10.8. The molecule has 0 saturated heterocycles. The van der Waals surface area contributed by atoms with Crippen LogP contribution in [0.2, 0.25) is 0 Å². The van der Waals surface area contributed by atoms with Crippen LogP contribution in [0.3, 0.4) is 0 Å². The van der Waals surface area contributed by atoms with Gasteiger partial charge in [-0.15, -0.1) is 0 Å². The SMILES string of the molecule is CCC(C)C(=O)C(C)=N. The van der Waals surface area contributed by atoms with Gasteiger partial charge in [0.25, 0.3) is 0 Å². The molecule has 1 N–H and O–H groups in total. The summed E-state index contributed by atoms with van der Waals surface area (Å²) in [6.45, 7) is 5.33. The average molecular weight is 127 g/mol. The van der Waals surface area contributed by atoms with Crippen molar-refractivity contribution in [3.05, 3.63) is 0 Å². The highest BCUT2D eigenvalue weighted by atomic mass is 16.1. The smallest absolute Gasteiger partial charge is 0.178 e. The standard InChI is InChI=1S/C7H13NO/c1-4-5(2)7(9)6(3)8/h5,8H,4H2,1-3H3. The van der Waals surface area contributed by atoms with Crippen molar-refractivity contribution in [3.8, 4) is 0 Å². The van der Waals surface area contributed by atoms with Crippen LogP contribution in [0.15, 0.2) is 0 Å². The molecular formula is C7H13NO. The third-order valence-electron chi connectivity index (χ3n) is 1.43. The summed E-state index contributed by atoms with van der Waals surface area (Å²) in [5.74, 6) is 0. The van der Waals surface area contributed by atoms with Gasteiger partial charge in [-0.05, 0) is 13.3 Å². The van der Waals surface area contributed by atoms with E-state index < -0.39 is 0 Å². The van der Waals surface area contributed by atoms with Gasteiger partial charge in [0.1, 0.15) is 0 Å². The van der Waals surface area contributed by atoms with Crippen molar-refractivity contribution in [2.24, 2.45) is 5.92 Å². The van der Waals surface area contributed by atoms with E-state index in [1.54, 1.807) is 0 Å². The van der Waals surface area contributed by atoms with Gasteiger partial charge in [-0.25, -0.2) is 0 Å². The zero-order valence-corrected chi connectivity index (χ0v) is 6.19. The van der Waals surface area contributed by atoms with Crippen LogP contribution in [0.5, 0.6) is 0 Å². The third kappa shape index (κ3) is 2.40. The molecule has 1 unspecified atom stereocenters. The Morgan fingerprint density at radius 3 is 2.22 bits per heavy atom. The molecule has 0 aliphatic carbocycles. The monoisotopic (exact) mass is 127 g/mol. The van der Waals surface area contributed by atoms with Crippen molar-refractivity contribution >= 4 is 11.5 Å². The van der Waals surface area contributed by atoms with Crippen molar-refractivity contribution < 1.29 is 4.79 Å². The Balaban J connectivity index is 3.88. The quantitative estimate of drug-likeness (QED) is 0.575. The van der Waals surface area contributed by atoms with Crippen LogP contribution in [0, 0.1) is 11.3 Å². The summed E-state index contributed by atoms with van der Waals surface area (Å²) in [5, 5.41) is 6.98. The molecule has 0 aromatic heterocycles. The number of hydrogen-bond donors (Lipinski definition) is 1. The second-order valence-electron chi connectivity index (χ2n) is 2.30. The highest BCUT2D eigenvalue weighted by Gasteiger charge is 2.11. The molecule has 2 nitrogen and oxygen atoms in total. The number of Topliss-reactive ketones (excluding diaryl/α,β-unsaturated/α-hetero) is 1. The van der Waals surface area contributed by atoms with Gasteiger partial charge in [0, 0.05) is 5.92 Å². The minimum atomic E-state index is -0.0301. The number of nitrogens with one attached hydrogen (secondary N) is 1. The topological polar surface area (TPSA) is 40.9 Å². The molecule has 0 aromatic carbocycles. The second-order valence-corrected chi connectivity index (χ2v) is 2.30. The normalized spacial score (nSPS) is 12.8. The van der Waals surface area contributed by atoms with E-state index in [-0.39, 0.29) is 17.4 Å². The van der Waals surface area contributed by atoms with Crippen LogP contribution >= 0.6 is 0 Å². The van der Waals surface area contributed by atoms with Crippen LogP contribution in [0.25, 0.3) is 0 Å². The van der Waals surface area contributed by atoms with Gasteiger partial charge in [0.05, 0.1) is 5.71 Å². The molecule has 0 aliphatic rings. The summed E-state index contributed by atoms with van der Waals surface area (Å²) in [7, 11) is 0. The van der Waals surface area contributed by atoms with E-state index in [0.29, 0.717) is 0 Å². The highest BCUT2D eigenvalue weighted by Crippen LogP contribution is 2.01. The van der Waals surface area contributed by atoms with Gasteiger partial charge >= 0.3 is 0 Å². The molecule has 0 heterocycles. The Hall–Kier alpha value is -0.660. The van der Waals surface area contributed by atoms with E-state index in [2.05, 4.69) is 0 Å². The maximum absolute atomic E-state index is 10.8. The van der Waals surface area contributed by atoms with E-state index in [0.717, 1.165) is 6.42 Å². The molecule has 1 atom stereocenters. The van der Waals surface area contributed by atoms with Gasteiger partial charge in [-0.3, -0.25) is 4.79 Å². The van der Waals surface area contributed by atoms with Gasteiger partial charge in [-0.2, -0.15) is 0 Å². The molecule has 0 aliphatic heterocycles. The van der Waals surface area contributed by atoms with Crippen molar-refractivity contribution in [1.29, 1.82) is 5.41 Å². The predicted molar refractivity (Wildman–Crippen MR) is 37.9 cm³/mol. The molecule has 0 rings (SSSR count). The second kappa shape index (κ2) is 3.38.